The lowest BCUT2D eigenvalue weighted by atomic mass is 10.00. The third-order valence-corrected chi connectivity index (χ3v) is 3.06. The van der Waals surface area contributed by atoms with Gasteiger partial charge in [0, 0.05) is 12.8 Å². The quantitative estimate of drug-likeness (QED) is 0.696. The van der Waals surface area contributed by atoms with E-state index in [0.717, 1.165) is 17.6 Å². The zero-order valence-corrected chi connectivity index (χ0v) is 11.8. The average molecular weight is 270 g/mol. The number of rotatable bonds is 9. The minimum atomic E-state index is -0.650. The molecule has 2 heteroatoms. The molecule has 0 heterocycles. The van der Waals surface area contributed by atoms with Gasteiger partial charge >= 0.3 is 0 Å². The van der Waals surface area contributed by atoms with Gasteiger partial charge in [0.15, 0.2) is 0 Å². The Balaban J connectivity index is 2.36. The molecule has 0 radical (unpaired) electrons. The van der Waals surface area contributed by atoms with Gasteiger partial charge in [-0.05, 0) is 24.0 Å². The summed E-state index contributed by atoms with van der Waals surface area (Å²) in [5, 5.41) is 9.90. The lowest BCUT2D eigenvalue weighted by molar-refractivity contribution is -0.120. The Hall–Kier alpha value is -1.93. The van der Waals surface area contributed by atoms with Crippen molar-refractivity contribution >= 4 is 5.78 Å². The summed E-state index contributed by atoms with van der Waals surface area (Å²) >= 11 is 0. The Morgan fingerprint density at radius 1 is 1.20 bits per heavy atom. The molecule has 1 aromatic rings. The van der Waals surface area contributed by atoms with Crippen molar-refractivity contribution in [1.29, 1.82) is 0 Å². The van der Waals surface area contributed by atoms with Crippen LogP contribution >= 0.6 is 0 Å². The predicted octanol–water partition coefficient (Wildman–Crippen LogP) is 3.63. The first-order valence-corrected chi connectivity index (χ1v) is 6.83. The van der Waals surface area contributed by atoms with Crippen LogP contribution in [0, 0.1) is 0 Å². The minimum absolute atomic E-state index is 0.0865. The van der Waals surface area contributed by atoms with Crippen molar-refractivity contribution in [3.8, 4) is 0 Å². The smallest absolute Gasteiger partial charge is 0.135 e. The maximum Gasteiger partial charge on any atom is 0.135 e. The fraction of sp³-hybridized carbons (Fsp3) is 0.278. The topological polar surface area (TPSA) is 37.3 Å². The van der Waals surface area contributed by atoms with E-state index in [9.17, 15) is 9.90 Å². The first kappa shape index (κ1) is 16.1. The van der Waals surface area contributed by atoms with Crippen LogP contribution in [0.1, 0.15) is 24.8 Å². The molecular weight excluding hydrogens is 248 g/mol. The van der Waals surface area contributed by atoms with E-state index in [0.29, 0.717) is 12.8 Å². The molecular formula is C18H22O2. The normalized spacial score (nSPS) is 12.8. The maximum atomic E-state index is 11.8. The molecule has 0 aliphatic carbocycles. The molecule has 0 bridgehead atoms. The highest BCUT2D eigenvalue weighted by Gasteiger charge is 2.11. The van der Waals surface area contributed by atoms with Gasteiger partial charge in [-0.3, -0.25) is 4.79 Å². The number of ketones is 1. The van der Waals surface area contributed by atoms with Gasteiger partial charge in [0.1, 0.15) is 5.78 Å². The Labute approximate surface area is 121 Å². The molecule has 0 spiro atoms. The first-order chi connectivity index (χ1) is 9.65. The van der Waals surface area contributed by atoms with Gasteiger partial charge in [-0.15, -0.1) is 0 Å². The van der Waals surface area contributed by atoms with Gasteiger partial charge in [-0.25, -0.2) is 0 Å². The van der Waals surface area contributed by atoms with Crippen molar-refractivity contribution < 1.29 is 9.90 Å². The van der Waals surface area contributed by atoms with Crippen molar-refractivity contribution in [1.82, 2.24) is 0 Å². The molecule has 0 saturated heterocycles. The molecule has 0 aliphatic heterocycles. The van der Waals surface area contributed by atoms with Crippen LogP contribution in [0.4, 0.5) is 0 Å². The van der Waals surface area contributed by atoms with Gasteiger partial charge < -0.3 is 5.11 Å². The Bertz CT molecular complexity index is 471. The van der Waals surface area contributed by atoms with Crippen molar-refractivity contribution in [2.45, 2.75) is 31.8 Å². The van der Waals surface area contributed by atoms with Gasteiger partial charge in [0.05, 0.1) is 6.10 Å². The number of aliphatic hydroxyl groups is 1. The number of benzene rings is 1. The molecule has 20 heavy (non-hydrogen) atoms. The number of aliphatic hydroxyl groups excluding tert-OH is 1. The van der Waals surface area contributed by atoms with Crippen molar-refractivity contribution in [2.24, 2.45) is 0 Å². The van der Waals surface area contributed by atoms with Gasteiger partial charge in [0.25, 0.3) is 0 Å². The summed E-state index contributed by atoms with van der Waals surface area (Å²) in [5.74, 6) is 0.0865. The highest BCUT2D eigenvalue weighted by Crippen LogP contribution is 2.12. The molecule has 1 unspecified atom stereocenters. The summed E-state index contributed by atoms with van der Waals surface area (Å²) in [6.07, 6.45) is 6.30. The fourth-order valence-electron chi connectivity index (χ4n) is 2.01. The lowest BCUT2D eigenvalue weighted by Crippen LogP contribution is -2.14. The van der Waals surface area contributed by atoms with Crippen LogP contribution in [0.3, 0.4) is 0 Å². The highest BCUT2D eigenvalue weighted by molar-refractivity contribution is 5.79. The third kappa shape index (κ3) is 6.30. The van der Waals surface area contributed by atoms with E-state index in [2.05, 4.69) is 13.2 Å². The number of carbonyl (C=O) groups excluding carboxylic acids is 1. The van der Waals surface area contributed by atoms with Crippen LogP contribution in [-0.2, 0) is 11.2 Å². The molecule has 1 aromatic carbocycles. The molecule has 2 nitrogen and oxygen atoms in total. The maximum absolute atomic E-state index is 11.8. The molecule has 0 amide bonds. The van der Waals surface area contributed by atoms with E-state index in [1.807, 2.05) is 30.3 Å². The molecule has 1 rings (SSSR count). The molecule has 106 valence electrons. The van der Waals surface area contributed by atoms with E-state index in [1.54, 1.807) is 18.2 Å². The Morgan fingerprint density at radius 2 is 1.90 bits per heavy atom. The predicted molar refractivity (Wildman–Crippen MR) is 83.5 cm³/mol. The summed E-state index contributed by atoms with van der Waals surface area (Å²) < 4.78 is 0. The Kier molecular flexibility index (Phi) is 7.30. The SMILES string of the molecule is C=C/C=C(\C=C)CC(O)CC(=O)CCc1ccccc1. The number of Topliss-reactive ketones (excluding diaryl/α,β-unsaturated/α-hetero) is 1. The second-order valence-corrected chi connectivity index (χ2v) is 4.77. The second-order valence-electron chi connectivity index (χ2n) is 4.77. The zero-order chi connectivity index (χ0) is 14.8. The van der Waals surface area contributed by atoms with E-state index < -0.39 is 6.10 Å². The molecule has 0 aliphatic rings. The first-order valence-electron chi connectivity index (χ1n) is 6.83. The van der Waals surface area contributed by atoms with E-state index in [1.165, 1.54) is 0 Å². The summed E-state index contributed by atoms with van der Waals surface area (Å²) in [4.78, 5) is 11.8. The van der Waals surface area contributed by atoms with E-state index in [-0.39, 0.29) is 12.2 Å². The average Bonchev–Trinajstić information content (AvgIpc) is 2.45. The zero-order valence-electron chi connectivity index (χ0n) is 11.8. The highest BCUT2D eigenvalue weighted by atomic mass is 16.3. The van der Waals surface area contributed by atoms with Crippen LogP contribution in [0.25, 0.3) is 0 Å². The van der Waals surface area contributed by atoms with Crippen molar-refractivity contribution in [3.05, 3.63) is 72.9 Å². The molecule has 1 atom stereocenters. The number of hydrogen-bond acceptors (Lipinski definition) is 2. The number of carbonyl (C=O) groups is 1. The van der Waals surface area contributed by atoms with Crippen LogP contribution < -0.4 is 0 Å². The second kappa shape index (κ2) is 9.05. The van der Waals surface area contributed by atoms with Gasteiger partial charge in [-0.1, -0.05) is 61.7 Å². The summed E-state index contributed by atoms with van der Waals surface area (Å²) in [7, 11) is 0. The Morgan fingerprint density at radius 3 is 2.50 bits per heavy atom. The van der Waals surface area contributed by atoms with Crippen LogP contribution in [-0.4, -0.2) is 17.0 Å². The summed E-state index contributed by atoms with van der Waals surface area (Å²) in [5.41, 5.74) is 2.04. The largest absolute Gasteiger partial charge is 0.392 e. The number of aryl methyl sites for hydroxylation is 1. The fourth-order valence-corrected chi connectivity index (χ4v) is 2.01. The molecule has 0 aromatic heterocycles. The molecule has 0 fully saturated rings. The summed E-state index contributed by atoms with van der Waals surface area (Å²) in [6, 6.07) is 9.90. The molecule has 0 saturated carbocycles. The van der Waals surface area contributed by atoms with E-state index >= 15 is 0 Å². The monoisotopic (exact) mass is 270 g/mol. The van der Waals surface area contributed by atoms with Gasteiger partial charge in [-0.2, -0.15) is 0 Å². The standard InChI is InChI=1S/C18H22O2/c1-3-8-15(4-2)13-18(20)14-17(19)12-11-16-9-6-5-7-10-16/h3-10,18,20H,1-2,11-14H2/b15-8+. The van der Waals surface area contributed by atoms with Crippen LogP contribution in [0.2, 0.25) is 0 Å². The van der Waals surface area contributed by atoms with Crippen LogP contribution in [0.15, 0.2) is 67.3 Å². The minimum Gasteiger partial charge on any atom is -0.392 e. The molecule has 1 N–H and O–H groups in total. The van der Waals surface area contributed by atoms with Crippen molar-refractivity contribution in [2.75, 3.05) is 0 Å². The number of hydrogen-bond donors (Lipinski definition) is 1. The number of allylic oxidation sites excluding steroid dienone is 3. The van der Waals surface area contributed by atoms with Crippen molar-refractivity contribution in [3.63, 3.8) is 0 Å². The van der Waals surface area contributed by atoms with E-state index in [4.69, 9.17) is 0 Å². The van der Waals surface area contributed by atoms with Gasteiger partial charge in [0.2, 0.25) is 0 Å². The third-order valence-electron chi connectivity index (χ3n) is 3.06. The summed E-state index contributed by atoms with van der Waals surface area (Å²) in [6.45, 7) is 7.28. The lowest BCUT2D eigenvalue weighted by Gasteiger charge is -2.10. The van der Waals surface area contributed by atoms with Crippen LogP contribution in [0.5, 0.6) is 0 Å².